The van der Waals surface area contributed by atoms with Crippen molar-refractivity contribution >= 4 is 10.8 Å². The van der Waals surface area contributed by atoms with Crippen molar-refractivity contribution in [2.75, 3.05) is 19.4 Å². The summed E-state index contributed by atoms with van der Waals surface area (Å²) in [6.07, 6.45) is 1.60. The van der Waals surface area contributed by atoms with Crippen LogP contribution < -0.4 is 5.32 Å². The predicted octanol–water partition coefficient (Wildman–Crippen LogP) is 3.06. The van der Waals surface area contributed by atoms with Crippen LogP contribution in [0.3, 0.4) is 0 Å². The molecule has 0 amide bonds. The molecular weight excluding hydrogens is 362 g/mol. The first-order valence-corrected chi connectivity index (χ1v) is 10.6. The van der Waals surface area contributed by atoms with Crippen molar-refractivity contribution in [3.05, 3.63) is 59.2 Å². The molecule has 3 N–H and O–H groups in total. The third-order valence-corrected chi connectivity index (χ3v) is 5.37. The summed E-state index contributed by atoms with van der Waals surface area (Å²) in [6.45, 7) is 5.72. The van der Waals surface area contributed by atoms with Gasteiger partial charge >= 0.3 is 0 Å². The Balaban J connectivity index is 1.71. The lowest BCUT2D eigenvalue weighted by Gasteiger charge is -2.18. The lowest BCUT2D eigenvalue weighted by Crippen LogP contribution is -2.31. The summed E-state index contributed by atoms with van der Waals surface area (Å²) in [5, 5.41) is 23.3. The maximum absolute atomic E-state index is 11.6. The second-order valence-electron chi connectivity index (χ2n) is 6.83. The van der Waals surface area contributed by atoms with Crippen LogP contribution in [0.15, 0.2) is 47.4 Å². The van der Waals surface area contributed by atoms with Crippen LogP contribution in [0.25, 0.3) is 0 Å². The minimum Gasteiger partial charge on any atom is -0.507 e. The van der Waals surface area contributed by atoms with Gasteiger partial charge in [-0.3, -0.25) is 4.21 Å². The number of benzene rings is 2. The topological polar surface area (TPSA) is 78.8 Å². The van der Waals surface area contributed by atoms with E-state index in [1.807, 2.05) is 6.92 Å². The zero-order chi connectivity index (χ0) is 19.8. The number of nitrogens with one attached hydrogen (secondary N) is 1. The Hall–Kier alpha value is -1.73. The van der Waals surface area contributed by atoms with Crippen LogP contribution in [-0.4, -0.2) is 39.9 Å². The van der Waals surface area contributed by atoms with Crippen LogP contribution in [0.2, 0.25) is 0 Å². The summed E-state index contributed by atoms with van der Waals surface area (Å²) >= 11 is 0. The standard InChI is InChI=1S/C21H29NO4S/c1-15-4-6-17(7-5-15)14-26-11-10-16(2)22-13-20(24)18-8-9-19(23)21(12-18)27(3)25/h4-9,12,16,20,22-24H,10-11,13-14H2,1-3H3. The molecule has 2 rings (SSSR count). The Bertz CT molecular complexity index is 748. The summed E-state index contributed by atoms with van der Waals surface area (Å²) < 4.78 is 17.3. The lowest BCUT2D eigenvalue weighted by atomic mass is 10.1. The minimum atomic E-state index is -1.30. The molecule has 0 aromatic heterocycles. The number of ether oxygens (including phenoxy) is 1. The van der Waals surface area contributed by atoms with Gasteiger partial charge in [0.2, 0.25) is 0 Å². The van der Waals surface area contributed by atoms with E-state index < -0.39 is 16.9 Å². The van der Waals surface area contributed by atoms with E-state index in [1.165, 1.54) is 17.9 Å². The van der Waals surface area contributed by atoms with Crippen LogP contribution in [0, 0.1) is 6.92 Å². The second-order valence-corrected chi connectivity index (χ2v) is 8.18. The molecule has 3 unspecified atom stereocenters. The van der Waals surface area contributed by atoms with Crippen LogP contribution in [0.5, 0.6) is 5.75 Å². The molecule has 0 saturated heterocycles. The highest BCUT2D eigenvalue weighted by Gasteiger charge is 2.13. The highest BCUT2D eigenvalue weighted by Crippen LogP contribution is 2.24. The van der Waals surface area contributed by atoms with Gasteiger partial charge in [0.15, 0.2) is 0 Å². The van der Waals surface area contributed by atoms with Crippen molar-refractivity contribution in [1.82, 2.24) is 5.32 Å². The van der Waals surface area contributed by atoms with E-state index in [9.17, 15) is 14.4 Å². The first-order chi connectivity index (χ1) is 12.9. The lowest BCUT2D eigenvalue weighted by molar-refractivity contribution is 0.109. The molecule has 0 spiro atoms. The zero-order valence-electron chi connectivity index (χ0n) is 16.1. The van der Waals surface area contributed by atoms with Crippen molar-refractivity contribution in [1.29, 1.82) is 0 Å². The summed E-state index contributed by atoms with van der Waals surface area (Å²) in [5.41, 5.74) is 3.03. The van der Waals surface area contributed by atoms with Gasteiger partial charge < -0.3 is 20.3 Å². The first-order valence-electron chi connectivity index (χ1n) is 9.08. The van der Waals surface area contributed by atoms with Gasteiger partial charge in [0, 0.05) is 25.4 Å². The summed E-state index contributed by atoms with van der Waals surface area (Å²) in [7, 11) is -1.30. The Labute approximate surface area is 163 Å². The predicted molar refractivity (Wildman–Crippen MR) is 108 cm³/mol. The van der Waals surface area contributed by atoms with Crippen molar-refractivity contribution in [2.45, 2.75) is 43.9 Å². The third-order valence-electron chi connectivity index (χ3n) is 4.42. The second kappa shape index (κ2) is 10.6. The van der Waals surface area contributed by atoms with Crippen LogP contribution in [-0.2, 0) is 22.1 Å². The molecule has 0 bridgehead atoms. The number of aliphatic hydroxyl groups is 1. The number of aryl methyl sites for hydroxylation is 1. The largest absolute Gasteiger partial charge is 0.507 e. The van der Waals surface area contributed by atoms with E-state index in [0.29, 0.717) is 30.2 Å². The molecule has 6 heteroatoms. The van der Waals surface area contributed by atoms with Crippen molar-refractivity contribution < 1.29 is 19.2 Å². The highest BCUT2D eigenvalue weighted by molar-refractivity contribution is 7.84. The van der Waals surface area contributed by atoms with Crippen LogP contribution >= 0.6 is 0 Å². The molecule has 2 aromatic carbocycles. The number of phenolic OH excluding ortho intramolecular Hbond substituents is 1. The molecule has 5 nitrogen and oxygen atoms in total. The Morgan fingerprint density at radius 1 is 1.19 bits per heavy atom. The monoisotopic (exact) mass is 391 g/mol. The van der Waals surface area contributed by atoms with Crippen LogP contribution in [0.4, 0.5) is 0 Å². The Kier molecular flexibility index (Phi) is 8.44. The molecule has 2 aromatic rings. The van der Waals surface area contributed by atoms with Crippen LogP contribution in [0.1, 0.15) is 36.1 Å². The normalized spacial score (nSPS) is 14.7. The van der Waals surface area contributed by atoms with Gasteiger partial charge in [0.05, 0.1) is 28.4 Å². The van der Waals surface area contributed by atoms with Crippen molar-refractivity contribution in [3.8, 4) is 5.75 Å². The van der Waals surface area contributed by atoms with E-state index >= 15 is 0 Å². The average Bonchev–Trinajstić information content (AvgIpc) is 2.64. The van der Waals surface area contributed by atoms with Crippen molar-refractivity contribution in [3.63, 3.8) is 0 Å². The number of phenols is 1. The molecule has 0 heterocycles. The zero-order valence-corrected chi connectivity index (χ0v) is 17.0. The van der Waals surface area contributed by atoms with E-state index in [1.54, 1.807) is 12.1 Å². The Morgan fingerprint density at radius 2 is 1.89 bits per heavy atom. The SMILES string of the molecule is Cc1ccc(COCCC(C)NCC(O)c2ccc(O)c(S(C)=O)c2)cc1. The fraction of sp³-hybridized carbons (Fsp3) is 0.429. The molecule has 3 atom stereocenters. The third kappa shape index (κ3) is 7.07. The summed E-state index contributed by atoms with van der Waals surface area (Å²) in [6, 6.07) is 13.2. The molecule has 148 valence electrons. The van der Waals surface area contributed by atoms with Crippen molar-refractivity contribution in [2.24, 2.45) is 0 Å². The van der Waals surface area contributed by atoms with Gasteiger partial charge in [0.1, 0.15) is 5.75 Å². The Morgan fingerprint density at radius 3 is 2.56 bits per heavy atom. The van der Waals surface area contributed by atoms with Gasteiger partial charge in [-0.05, 0) is 43.5 Å². The smallest absolute Gasteiger partial charge is 0.131 e. The fourth-order valence-electron chi connectivity index (χ4n) is 2.64. The molecule has 0 saturated carbocycles. The molecule has 0 radical (unpaired) electrons. The van der Waals surface area contributed by atoms with E-state index in [4.69, 9.17) is 4.74 Å². The number of aromatic hydroxyl groups is 1. The molecule has 0 fully saturated rings. The van der Waals surface area contributed by atoms with Gasteiger partial charge in [-0.1, -0.05) is 35.9 Å². The van der Waals surface area contributed by atoms with Gasteiger partial charge in [0.25, 0.3) is 0 Å². The van der Waals surface area contributed by atoms with E-state index in [2.05, 4.69) is 36.5 Å². The van der Waals surface area contributed by atoms with Gasteiger partial charge in [-0.2, -0.15) is 0 Å². The number of rotatable bonds is 10. The molecule has 0 aliphatic heterocycles. The molecular formula is C21H29NO4S. The minimum absolute atomic E-state index is 0.0150. The number of hydrogen-bond donors (Lipinski definition) is 3. The maximum Gasteiger partial charge on any atom is 0.131 e. The van der Waals surface area contributed by atoms with Gasteiger partial charge in [-0.25, -0.2) is 0 Å². The molecule has 27 heavy (non-hydrogen) atoms. The first kappa shape index (κ1) is 21.6. The molecule has 0 aliphatic rings. The van der Waals surface area contributed by atoms with E-state index in [0.717, 1.165) is 12.0 Å². The number of aliphatic hydroxyl groups excluding tert-OH is 1. The molecule has 0 aliphatic carbocycles. The van der Waals surface area contributed by atoms with E-state index in [-0.39, 0.29) is 11.8 Å². The summed E-state index contributed by atoms with van der Waals surface area (Å²) in [4.78, 5) is 0.337. The highest BCUT2D eigenvalue weighted by atomic mass is 32.2. The number of hydrogen-bond acceptors (Lipinski definition) is 5. The maximum atomic E-state index is 11.6. The quantitative estimate of drug-likeness (QED) is 0.543. The average molecular weight is 392 g/mol. The summed E-state index contributed by atoms with van der Waals surface area (Å²) in [5.74, 6) is -0.0150. The van der Waals surface area contributed by atoms with Gasteiger partial charge in [-0.15, -0.1) is 0 Å². The fourth-order valence-corrected chi connectivity index (χ4v) is 3.30.